The van der Waals surface area contributed by atoms with Gasteiger partial charge in [0.1, 0.15) is 0 Å². The van der Waals surface area contributed by atoms with Crippen LogP contribution >= 0.6 is 11.3 Å². The number of anilines is 1. The average molecular weight is 412 g/mol. The quantitative estimate of drug-likeness (QED) is 0.518. The zero-order chi connectivity index (χ0) is 21.0. The Morgan fingerprint density at radius 1 is 1.13 bits per heavy atom. The molecule has 2 aliphatic rings. The summed E-state index contributed by atoms with van der Waals surface area (Å²) in [6.07, 6.45) is 8.69. The van der Waals surface area contributed by atoms with E-state index in [1.807, 2.05) is 17.4 Å². The molecule has 0 bridgehead atoms. The molecule has 3 aromatic rings. The molecule has 1 N–H and O–H groups in total. The van der Waals surface area contributed by atoms with Crippen molar-refractivity contribution in [3.05, 3.63) is 80.6 Å². The molecule has 1 aliphatic carbocycles. The van der Waals surface area contributed by atoms with E-state index in [2.05, 4.69) is 82.1 Å². The first-order valence-electron chi connectivity index (χ1n) is 11.0. The molecule has 1 nitrogen and oxygen atoms in total. The number of rotatable bonds is 2. The van der Waals surface area contributed by atoms with Crippen molar-refractivity contribution in [2.24, 2.45) is 0 Å². The Bertz CT molecular complexity index is 1340. The summed E-state index contributed by atoms with van der Waals surface area (Å²) in [5.74, 6) is 0.409. The smallest absolute Gasteiger partial charge is 0.0454 e. The fraction of sp³-hybridized carbons (Fsp3) is 0.286. The molecule has 2 aromatic carbocycles. The van der Waals surface area contributed by atoms with Gasteiger partial charge < -0.3 is 5.32 Å². The Hall–Kier alpha value is -2.58. The highest BCUT2D eigenvalue weighted by atomic mass is 32.1. The van der Waals surface area contributed by atoms with Gasteiger partial charge in [0, 0.05) is 43.0 Å². The van der Waals surface area contributed by atoms with E-state index >= 15 is 0 Å². The van der Waals surface area contributed by atoms with Crippen LogP contribution in [0, 0.1) is 0 Å². The van der Waals surface area contributed by atoms with Crippen LogP contribution in [-0.2, 0) is 6.42 Å². The second kappa shape index (κ2) is 7.28. The number of nitrogens with one attached hydrogen (secondary N) is 1. The van der Waals surface area contributed by atoms with E-state index in [4.69, 9.17) is 0 Å². The van der Waals surface area contributed by atoms with Gasteiger partial charge in [-0.1, -0.05) is 61.6 Å². The highest BCUT2D eigenvalue weighted by Gasteiger charge is 2.31. The standard InChI is InChI=1S/C28H29NS/c1-6-9-20-23(7-2)30-24-15-14-21-25(17(4)18(5)26(21)27(20)24)22-11-8-10-19-13-12-16(3)29-28(19)22/h6-11,14-16,18,29H,1,12-13H2,2-5H3/b20-9+,23-7+. The van der Waals surface area contributed by atoms with Crippen LogP contribution in [0.25, 0.3) is 27.8 Å². The maximum absolute atomic E-state index is 3.98. The molecule has 0 saturated heterocycles. The summed E-state index contributed by atoms with van der Waals surface area (Å²) in [5, 5.41) is 6.54. The van der Waals surface area contributed by atoms with Gasteiger partial charge in [-0.15, -0.1) is 11.3 Å². The lowest BCUT2D eigenvalue weighted by Gasteiger charge is -2.27. The van der Waals surface area contributed by atoms with Crippen LogP contribution in [0.1, 0.15) is 62.3 Å². The van der Waals surface area contributed by atoms with Crippen molar-refractivity contribution in [3.63, 3.8) is 0 Å². The van der Waals surface area contributed by atoms with Crippen LogP contribution in [0.3, 0.4) is 0 Å². The Kier molecular flexibility index (Phi) is 4.71. The van der Waals surface area contributed by atoms with E-state index in [0.717, 1.165) is 6.42 Å². The lowest BCUT2D eigenvalue weighted by molar-refractivity contribution is 0.680. The van der Waals surface area contributed by atoms with Crippen LogP contribution in [0.5, 0.6) is 0 Å². The van der Waals surface area contributed by atoms with E-state index in [1.165, 1.54) is 65.3 Å². The summed E-state index contributed by atoms with van der Waals surface area (Å²) in [7, 11) is 0. The van der Waals surface area contributed by atoms with Crippen LogP contribution < -0.4 is 15.1 Å². The zero-order valence-electron chi connectivity index (χ0n) is 18.3. The summed E-state index contributed by atoms with van der Waals surface area (Å²) >= 11 is 1.89. The van der Waals surface area contributed by atoms with Gasteiger partial charge in [0.25, 0.3) is 0 Å². The van der Waals surface area contributed by atoms with Crippen LogP contribution in [-0.4, -0.2) is 6.04 Å². The van der Waals surface area contributed by atoms with Crippen molar-refractivity contribution in [2.75, 3.05) is 5.32 Å². The Morgan fingerprint density at radius 2 is 1.97 bits per heavy atom. The minimum absolute atomic E-state index is 0.409. The first kappa shape index (κ1) is 19.4. The molecule has 0 saturated carbocycles. The molecular weight excluding hydrogens is 382 g/mol. The molecule has 2 heteroatoms. The maximum Gasteiger partial charge on any atom is 0.0454 e. The van der Waals surface area contributed by atoms with Gasteiger partial charge in [-0.2, -0.15) is 0 Å². The van der Waals surface area contributed by atoms with E-state index in [1.54, 1.807) is 0 Å². The summed E-state index contributed by atoms with van der Waals surface area (Å²) in [4.78, 5) is 0. The molecular formula is C28H29NS. The van der Waals surface area contributed by atoms with Gasteiger partial charge in [0.2, 0.25) is 0 Å². The predicted octanol–water partition coefficient (Wildman–Crippen LogP) is 6.35. The first-order valence-corrected chi connectivity index (χ1v) is 11.8. The number of hydrogen-bond acceptors (Lipinski definition) is 2. The maximum atomic E-state index is 3.98. The molecule has 152 valence electrons. The first-order chi connectivity index (χ1) is 14.5. The third-order valence-corrected chi connectivity index (χ3v) is 8.15. The predicted molar refractivity (Wildman–Crippen MR) is 134 cm³/mol. The fourth-order valence-electron chi connectivity index (χ4n) is 5.31. The van der Waals surface area contributed by atoms with Crippen LogP contribution in [0.2, 0.25) is 0 Å². The highest BCUT2D eigenvalue weighted by Crippen LogP contribution is 2.49. The number of para-hydroxylation sites is 1. The monoisotopic (exact) mass is 411 g/mol. The van der Waals surface area contributed by atoms with Gasteiger partial charge in [-0.3, -0.25) is 0 Å². The number of benzene rings is 2. The molecule has 30 heavy (non-hydrogen) atoms. The normalized spacial score (nSPS) is 21.7. The third-order valence-electron chi connectivity index (χ3n) is 6.91. The average Bonchev–Trinajstić information content (AvgIpc) is 3.23. The number of hydrogen-bond donors (Lipinski definition) is 1. The van der Waals surface area contributed by atoms with Crippen LogP contribution in [0.4, 0.5) is 5.69 Å². The van der Waals surface area contributed by atoms with Crippen molar-refractivity contribution >= 4 is 44.8 Å². The third kappa shape index (κ3) is 2.74. The van der Waals surface area contributed by atoms with E-state index in [0.29, 0.717) is 12.0 Å². The second-order valence-electron chi connectivity index (χ2n) is 8.67. The molecule has 2 heterocycles. The van der Waals surface area contributed by atoms with Gasteiger partial charge in [-0.05, 0) is 61.9 Å². The molecule has 5 rings (SSSR count). The van der Waals surface area contributed by atoms with Crippen molar-refractivity contribution < 1.29 is 0 Å². The molecule has 1 aromatic heterocycles. The molecule has 2 unspecified atom stereocenters. The molecule has 0 radical (unpaired) electrons. The van der Waals surface area contributed by atoms with Gasteiger partial charge in [-0.25, -0.2) is 0 Å². The van der Waals surface area contributed by atoms with Gasteiger partial charge in [0.15, 0.2) is 0 Å². The molecule has 0 spiro atoms. The molecule has 0 amide bonds. The number of aryl methyl sites for hydroxylation is 1. The summed E-state index contributed by atoms with van der Waals surface area (Å²) in [5.41, 5.74) is 9.95. The Morgan fingerprint density at radius 3 is 2.73 bits per heavy atom. The minimum Gasteiger partial charge on any atom is -0.382 e. The summed E-state index contributed by atoms with van der Waals surface area (Å²) in [6.45, 7) is 13.1. The molecule has 2 atom stereocenters. The Balaban J connectivity index is 1.82. The van der Waals surface area contributed by atoms with Crippen molar-refractivity contribution in [1.29, 1.82) is 0 Å². The Labute approximate surface area is 183 Å². The lowest BCUT2D eigenvalue weighted by atomic mass is 9.89. The highest BCUT2D eigenvalue weighted by molar-refractivity contribution is 7.17. The van der Waals surface area contributed by atoms with Gasteiger partial charge in [0.05, 0.1) is 0 Å². The van der Waals surface area contributed by atoms with Gasteiger partial charge >= 0.3 is 0 Å². The molecule has 1 aliphatic heterocycles. The minimum atomic E-state index is 0.409. The van der Waals surface area contributed by atoms with E-state index in [9.17, 15) is 0 Å². The summed E-state index contributed by atoms with van der Waals surface area (Å²) < 4.78 is 2.71. The number of thiophene rings is 1. The largest absolute Gasteiger partial charge is 0.382 e. The fourth-order valence-corrected chi connectivity index (χ4v) is 6.40. The zero-order valence-corrected chi connectivity index (χ0v) is 19.1. The topological polar surface area (TPSA) is 12.0 Å². The molecule has 0 fully saturated rings. The lowest BCUT2D eigenvalue weighted by Crippen LogP contribution is -2.23. The van der Waals surface area contributed by atoms with E-state index < -0.39 is 0 Å². The van der Waals surface area contributed by atoms with E-state index in [-0.39, 0.29) is 0 Å². The SMILES string of the molecule is C=C/C=c1\c(=C/C)sc2ccc3c(c12)C(C)C(C)=C3c1cccc2c1NC(C)CC2. The van der Waals surface area contributed by atoms with Crippen molar-refractivity contribution in [3.8, 4) is 0 Å². The second-order valence-corrected chi connectivity index (χ2v) is 9.76. The van der Waals surface area contributed by atoms with Crippen molar-refractivity contribution in [2.45, 2.75) is 52.5 Å². The van der Waals surface area contributed by atoms with Crippen molar-refractivity contribution in [1.82, 2.24) is 0 Å². The van der Waals surface area contributed by atoms with Crippen LogP contribution in [0.15, 0.2) is 48.6 Å². The summed E-state index contributed by atoms with van der Waals surface area (Å²) in [6, 6.07) is 12.0. The number of fused-ring (bicyclic) bond motifs is 4. The number of allylic oxidation sites excluding steroid dienone is 2.